The predicted octanol–water partition coefficient (Wildman–Crippen LogP) is 7.18. The lowest BCUT2D eigenvalue weighted by atomic mass is 9.62. The third-order valence-electron chi connectivity index (χ3n) is 10.5. The van der Waals surface area contributed by atoms with Crippen LogP contribution in [-0.4, -0.2) is 31.6 Å². The summed E-state index contributed by atoms with van der Waals surface area (Å²) >= 11 is 6.55. The normalized spacial score (nSPS) is 34.7. The van der Waals surface area contributed by atoms with E-state index in [1.165, 1.54) is 68.4 Å². The first kappa shape index (κ1) is 22.4. The first-order valence-electron chi connectivity index (χ1n) is 13.6. The van der Waals surface area contributed by atoms with Crippen LogP contribution in [-0.2, 0) is 5.41 Å². The van der Waals surface area contributed by atoms with Crippen LogP contribution in [0.5, 0.6) is 5.75 Å². The van der Waals surface area contributed by atoms with E-state index in [0.29, 0.717) is 6.04 Å². The molecule has 35 heavy (non-hydrogen) atoms. The van der Waals surface area contributed by atoms with Gasteiger partial charge in [0.15, 0.2) is 0 Å². The molecule has 188 valence electrons. The molecule has 2 spiro atoms. The number of likely N-dealkylation sites (tertiary alicyclic amines) is 1. The minimum Gasteiger partial charge on any atom is -0.497 e. The zero-order valence-corrected chi connectivity index (χ0v) is 21.7. The highest BCUT2D eigenvalue weighted by Crippen LogP contribution is 2.75. The first-order valence-corrected chi connectivity index (χ1v) is 14.0. The maximum atomic E-state index is 6.55. The molecule has 1 aliphatic heterocycles. The molecule has 1 saturated heterocycles. The molecular formula is C31H41ClN2O. The third kappa shape index (κ3) is 3.53. The Morgan fingerprint density at radius 3 is 2.60 bits per heavy atom. The quantitative estimate of drug-likeness (QED) is 0.432. The highest BCUT2D eigenvalue weighted by Gasteiger charge is 2.68. The van der Waals surface area contributed by atoms with Crippen LogP contribution in [0, 0.1) is 23.2 Å². The van der Waals surface area contributed by atoms with Gasteiger partial charge in [-0.15, -0.1) is 0 Å². The van der Waals surface area contributed by atoms with Crippen molar-refractivity contribution >= 4 is 11.6 Å². The molecule has 2 aromatic rings. The number of hydrogen-bond donors (Lipinski definition) is 1. The second-order valence-electron chi connectivity index (χ2n) is 12.1. The van der Waals surface area contributed by atoms with Crippen molar-refractivity contribution in [3.8, 4) is 5.75 Å². The van der Waals surface area contributed by atoms with Gasteiger partial charge >= 0.3 is 0 Å². The van der Waals surface area contributed by atoms with Crippen molar-refractivity contribution < 1.29 is 7.59 Å². The molecule has 3 fully saturated rings. The van der Waals surface area contributed by atoms with Gasteiger partial charge in [0.2, 0.25) is 0 Å². The van der Waals surface area contributed by atoms with Crippen LogP contribution in [0.2, 0.25) is 5.02 Å². The number of benzene rings is 2. The molecule has 0 radical (unpaired) electrons. The lowest BCUT2D eigenvalue weighted by molar-refractivity contribution is 0.0353. The Balaban J connectivity index is 0.00000140. The summed E-state index contributed by atoms with van der Waals surface area (Å²) in [6.07, 6.45) is 11.7. The molecule has 2 aromatic carbocycles. The summed E-state index contributed by atoms with van der Waals surface area (Å²) in [6, 6.07) is 15.8. The predicted molar refractivity (Wildman–Crippen MR) is 146 cm³/mol. The van der Waals surface area contributed by atoms with E-state index in [1.54, 1.807) is 7.11 Å². The number of hydrogen-bond acceptors (Lipinski definition) is 3. The fourth-order valence-electron chi connectivity index (χ4n) is 8.38. The average molecular weight is 493 g/mol. The average Bonchev–Trinajstić information content (AvgIpc) is 3.44. The highest BCUT2D eigenvalue weighted by molar-refractivity contribution is 6.30. The molecule has 1 N–H and O–H groups in total. The van der Waals surface area contributed by atoms with Crippen molar-refractivity contribution in [1.82, 2.24) is 10.2 Å². The highest BCUT2D eigenvalue weighted by atomic mass is 35.5. The summed E-state index contributed by atoms with van der Waals surface area (Å²) in [5, 5.41) is 4.85. The summed E-state index contributed by atoms with van der Waals surface area (Å²) < 4.78 is 5.35. The van der Waals surface area contributed by atoms with Gasteiger partial charge in [-0.2, -0.15) is 0 Å². The SMILES string of the molecule is COc1ccc([C@H](C)N[C@H]2CC3(CCN(CC4CC56CC5C=CC46)CC3)c3cc(Cl)ccc32)cc1.[HH].[HH]. The molecule has 0 aromatic heterocycles. The van der Waals surface area contributed by atoms with E-state index in [-0.39, 0.29) is 14.3 Å². The Bertz CT molecular complexity index is 1160. The number of nitrogens with zero attached hydrogens (tertiary/aromatic N) is 1. The number of fused-ring (bicyclic) bond motifs is 2. The molecule has 3 nitrogen and oxygen atoms in total. The van der Waals surface area contributed by atoms with Gasteiger partial charge in [-0.1, -0.05) is 42.0 Å². The van der Waals surface area contributed by atoms with Crippen molar-refractivity contribution in [2.45, 2.75) is 56.5 Å². The van der Waals surface area contributed by atoms with Crippen LogP contribution in [0.4, 0.5) is 0 Å². The Morgan fingerprint density at radius 2 is 1.89 bits per heavy atom. The number of rotatable bonds is 6. The number of nitrogens with one attached hydrogen (secondary N) is 1. The van der Waals surface area contributed by atoms with Crippen LogP contribution in [0.25, 0.3) is 0 Å². The molecule has 4 heteroatoms. The van der Waals surface area contributed by atoms with Gasteiger partial charge in [-0.3, -0.25) is 0 Å². The summed E-state index contributed by atoms with van der Waals surface area (Å²) in [5.41, 5.74) is 5.26. The lowest BCUT2D eigenvalue weighted by Gasteiger charge is -2.48. The zero-order chi connectivity index (χ0) is 23.8. The standard InChI is InChI=1S/C31H37ClN2O.2H2/c1-20(21-3-7-25(35-2)8-4-21)33-29-18-30(28-15-24(32)6-9-26(28)29)11-13-34(14-12-30)19-22-16-31-17-23(31)5-10-27(22)31;;/h3-10,15,20,22-23,27,29,33H,11-14,16-19H2,1-2H3;2*1H/t20-,22?,23?,27?,29-,31?;;/m0../s1. The van der Waals surface area contributed by atoms with Gasteiger partial charge in [0.05, 0.1) is 7.11 Å². The van der Waals surface area contributed by atoms with Crippen molar-refractivity contribution in [3.05, 3.63) is 76.3 Å². The van der Waals surface area contributed by atoms with Gasteiger partial charge < -0.3 is 15.0 Å². The number of allylic oxidation sites excluding steroid dienone is 2. The van der Waals surface area contributed by atoms with Crippen LogP contribution in [0.1, 0.15) is 70.7 Å². The van der Waals surface area contributed by atoms with Crippen LogP contribution in [0.15, 0.2) is 54.6 Å². The third-order valence-corrected chi connectivity index (χ3v) is 10.7. The molecule has 4 unspecified atom stereocenters. The Labute approximate surface area is 217 Å². The first-order chi connectivity index (χ1) is 17.0. The van der Waals surface area contributed by atoms with E-state index >= 15 is 0 Å². The second-order valence-corrected chi connectivity index (χ2v) is 12.6. The molecule has 0 bridgehead atoms. The van der Waals surface area contributed by atoms with E-state index in [4.69, 9.17) is 16.3 Å². The van der Waals surface area contributed by atoms with Gasteiger partial charge in [-0.25, -0.2) is 0 Å². The summed E-state index contributed by atoms with van der Waals surface area (Å²) in [7, 11) is 1.72. The van der Waals surface area contributed by atoms with Gasteiger partial charge in [0, 0.05) is 26.5 Å². The van der Waals surface area contributed by atoms with Gasteiger partial charge in [-0.05, 0) is 122 Å². The number of ether oxygens (including phenoxy) is 1. The minimum atomic E-state index is 0. The Morgan fingerprint density at radius 1 is 1.09 bits per heavy atom. The van der Waals surface area contributed by atoms with Crippen molar-refractivity contribution in [2.75, 3.05) is 26.7 Å². The molecular weight excluding hydrogens is 452 g/mol. The summed E-state index contributed by atoms with van der Waals surface area (Å²) in [6.45, 7) is 6.02. The molecule has 5 aliphatic rings. The molecule has 4 aliphatic carbocycles. The zero-order valence-electron chi connectivity index (χ0n) is 21.0. The van der Waals surface area contributed by atoms with Crippen molar-refractivity contribution in [2.24, 2.45) is 23.2 Å². The van der Waals surface area contributed by atoms with Gasteiger partial charge in [0.25, 0.3) is 0 Å². The maximum absolute atomic E-state index is 6.55. The molecule has 2 saturated carbocycles. The fraction of sp³-hybridized carbons (Fsp3) is 0.548. The number of piperidine rings is 1. The summed E-state index contributed by atoms with van der Waals surface area (Å²) in [5.74, 6) is 3.64. The second kappa shape index (κ2) is 8.10. The van der Waals surface area contributed by atoms with E-state index in [9.17, 15) is 0 Å². The molecule has 7 rings (SSSR count). The van der Waals surface area contributed by atoms with Crippen molar-refractivity contribution in [1.29, 1.82) is 0 Å². The van der Waals surface area contributed by atoms with Crippen LogP contribution in [0.3, 0.4) is 0 Å². The lowest BCUT2D eigenvalue weighted by Crippen LogP contribution is -2.48. The molecule has 0 amide bonds. The maximum Gasteiger partial charge on any atom is 0.118 e. The largest absolute Gasteiger partial charge is 0.497 e. The summed E-state index contributed by atoms with van der Waals surface area (Å²) in [4.78, 5) is 2.78. The van der Waals surface area contributed by atoms with E-state index in [0.717, 1.165) is 33.9 Å². The number of halogens is 1. The van der Waals surface area contributed by atoms with E-state index in [1.807, 2.05) is 0 Å². The fourth-order valence-corrected chi connectivity index (χ4v) is 8.55. The van der Waals surface area contributed by atoms with Crippen LogP contribution < -0.4 is 10.1 Å². The molecule has 6 atom stereocenters. The van der Waals surface area contributed by atoms with E-state index < -0.39 is 0 Å². The van der Waals surface area contributed by atoms with E-state index in [2.05, 4.69) is 71.8 Å². The van der Waals surface area contributed by atoms with Gasteiger partial charge in [0.1, 0.15) is 5.75 Å². The topological polar surface area (TPSA) is 24.5 Å². The number of methoxy groups -OCH3 is 1. The smallest absolute Gasteiger partial charge is 0.118 e. The Kier molecular flexibility index (Phi) is 5.18. The van der Waals surface area contributed by atoms with Crippen molar-refractivity contribution in [3.63, 3.8) is 0 Å². The monoisotopic (exact) mass is 492 g/mol. The minimum absolute atomic E-state index is 0. The van der Waals surface area contributed by atoms with Crippen LogP contribution >= 0.6 is 11.6 Å². The Hall–Kier alpha value is -1.81. The molecule has 1 heterocycles.